The summed E-state index contributed by atoms with van der Waals surface area (Å²) in [7, 11) is 0. The second kappa shape index (κ2) is 7.60. The Bertz CT molecular complexity index is 398. The Morgan fingerprint density at radius 1 is 1.44 bits per heavy atom. The number of nitrogens with one attached hydrogen (secondary N) is 1. The fraction of sp³-hybridized carbons (Fsp3) is 0.500. The van der Waals surface area contributed by atoms with Crippen molar-refractivity contribution in [1.29, 1.82) is 0 Å². The van der Waals surface area contributed by atoms with Crippen molar-refractivity contribution in [1.82, 2.24) is 5.32 Å². The Labute approximate surface area is 116 Å². The van der Waals surface area contributed by atoms with Gasteiger partial charge in [0, 0.05) is 11.1 Å². The van der Waals surface area contributed by atoms with Crippen molar-refractivity contribution < 1.29 is 0 Å². The molecule has 0 fully saturated rings. The van der Waals surface area contributed by atoms with E-state index in [4.69, 9.17) is 11.6 Å². The van der Waals surface area contributed by atoms with Gasteiger partial charge in [0.1, 0.15) is 0 Å². The number of hydrogen-bond donors (Lipinski definition) is 1. The van der Waals surface area contributed by atoms with E-state index in [1.54, 1.807) is 0 Å². The highest BCUT2D eigenvalue weighted by molar-refractivity contribution is 6.31. The van der Waals surface area contributed by atoms with Gasteiger partial charge in [-0.25, -0.2) is 0 Å². The molecule has 0 radical (unpaired) electrons. The summed E-state index contributed by atoms with van der Waals surface area (Å²) in [5.41, 5.74) is 3.64. The lowest BCUT2D eigenvalue weighted by molar-refractivity contribution is 0.499. The van der Waals surface area contributed by atoms with E-state index >= 15 is 0 Å². The summed E-state index contributed by atoms with van der Waals surface area (Å²) < 4.78 is 0. The number of hydrogen-bond acceptors (Lipinski definition) is 1. The van der Waals surface area contributed by atoms with Crippen LogP contribution >= 0.6 is 11.6 Å². The second-order valence-corrected chi connectivity index (χ2v) is 5.42. The molecule has 18 heavy (non-hydrogen) atoms. The number of benzene rings is 1. The van der Waals surface area contributed by atoms with Crippen LogP contribution in [0.3, 0.4) is 0 Å². The van der Waals surface area contributed by atoms with Crippen molar-refractivity contribution in [2.24, 2.45) is 0 Å². The van der Waals surface area contributed by atoms with Gasteiger partial charge in [-0.05, 0) is 56.8 Å². The van der Waals surface area contributed by atoms with Crippen LogP contribution in [-0.2, 0) is 0 Å². The van der Waals surface area contributed by atoms with Crippen molar-refractivity contribution in [3.63, 3.8) is 0 Å². The first kappa shape index (κ1) is 15.3. The zero-order chi connectivity index (χ0) is 13.5. The first-order valence-corrected chi connectivity index (χ1v) is 7.06. The Morgan fingerprint density at radius 3 is 2.72 bits per heavy atom. The minimum absolute atomic E-state index is 0.375. The maximum absolute atomic E-state index is 6.21. The van der Waals surface area contributed by atoms with E-state index in [-0.39, 0.29) is 0 Å². The van der Waals surface area contributed by atoms with Crippen LogP contribution in [0.5, 0.6) is 0 Å². The van der Waals surface area contributed by atoms with Crippen molar-refractivity contribution >= 4 is 11.6 Å². The largest absolute Gasteiger partial charge is 0.310 e. The van der Waals surface area contributed by atoms with E-state index in [0.29, 0.717) is 6.04 Å². The smallest absolute Gasteiger partial charge is 0.0438 e. The quantitative estimate of drug-likeness (QED) is 0.681. The Hall–Kier alpha value is -0.790. The number of allylic oxidation sites excluding steroid dienone is 1. The third-order valence-corrected chi connectivity index (χ3v) is 3.51. The first-order chi connectivity index (χ1) is 8.54. The molecule has 0 heterocycles. The molecule has 0 spiro atoms. The van der Waals surface area contributed by atoms with E-state index in [0.717, 1.165) is 36.4 Å². The predicted octanol–water partition coefficient (Wildman–Crippen LogP) is 5.05. The first-order valence-electron chi connectivity index (χ1n) is 6.68. The molecule has 0 amide bonds. The molecule has 0 saturated carbocycles. The lowest BCUT2D eigenvalue weighted by atomic mass is 9.99. The Morgan fingerprint density at radius 2 is 2.17 bits per heavy atom. The minimum atomic E-state index is 0.375. The highest BCUT2D eigenvalue weighted by Crippen LogP contribution is 2.25. The summed E-state index contributed by atoms with van der Waals surface area (Å²) in [4.78, 5) is 0. The summed E-state index contributed by atoms with van der Waals surface area (Å²) in [5.74, 6) is 0. The fourth-order valence-electron chi connectivity index (χ4n) is 1.92. The molecule has 1 rings (SSSR count). The maximum Gasteiger partial charge on any atom is 0.0438 e. The summed E-state index contributed by atoms with van der Waals surface area (Å²) in [6, 6.07) is 6.73. The van der Waals surface area contributed by atoms with Gasteiger partial charge in [-0.15, -0.1) is 6.58 Å². The summed E-state index contributed by atoms with van der Waals surface area (Å²) in [6.45, 7) is 11.3. The van der Waals surface area contributed by atoms with Gasteiger partial charge in [-0.2, -0.15) is 0 Å². The molecule has 2 heteroatoms. The standard InChI is InChI=1S/C16H24ClN/c1-5-10-18-16(9-6-12(2)3)14-8-7-13(4)15(17)11-14/h7-8,11,16,18H,2,5-6,9-10H2,1,3-4H3. The maximum atomic E-state index is 6.21. The molecule has 100 valence electrons. The van der Waals surface area contributed by atoms with Crippen molar-refractivity contribution in [3.05, 3.63) is 46.5 Å². The lowest BCUT2D eigenvalue weighted by Gasteiger charge is -2.20. The van der Waals surface area contributed by atoms with Gasteiger partial charge in [0.15, 0.2) is 0 Å². The molecule has 1 nitrogen and oxygen atoms in total. The van der Waals surface area contributed by atoms with Crippen LogP contribution in [0.1, 0.15) is 50.3 Å². The summed E-state index contributed by atoms with van der Waals surface area (Å²) in [6.07, 6.45) is 3.27. The number of aryl methyl sites for hydroxylation is 1. The third-order valence-electron chi connectivity index (χ3n) is 3.10. The molecule has 1 atom stereocenters. The fourth-order valence-corrected chi connectivity index (χ4v) is 2.11. The average Bonchev–Trinajstić information content (AvgIpc) is 2.33. The molecule has 0 aliphatic heterocycles. The molecule has 0 aromatic heterocycles. The molecule has 0 aliphatic carbocycles. The normalized spacial score (nSPS) is 12.4. The molecule has 1 N–H and O–H groups in total. The Balaban J connectivity index is 2.79. The lowest BCUT2D eigenvalue weighted by Crippen LogP contribution is -2.22. The number of halogens is 1. The molecule has 1 aromatic carbocycles. The second-order valence-electron chi connectivity index (χ2n) is 5.01. The van der Waals surface area contributed by atoms with Crippen LogP contribution in [0.25, 0.3) is 0 Å². The zero-order valence-electron chi connectivity index (χ0n) is 11.7. The molecular weight excluding hydrogens is 242 g/mol. The van der Waals surface area contributed by atoms with Crippen molar-refractivity contribution in [2.75, 3.05) is 6.54 Å². The molecular formula is C16H24ClN. The van der Waals surface area contributed by atoms with Gasteiger partial charge >= 0.3 is 0 Å². The van der Waals surface area contributed by atoms with E-state index in [1.807, 2.05) is 6.92 Å². The van der Waals surface area contributed by atoms with Crippen LogP contribution in [0, 0.1) is 6.92 Å². The highest BCUT2D eigenvalue weighted by Gasteiger charge is 2.11. The van der Waals surface area contributed by atoms with Crippen LogP contribution in [-0.4, -0.2) is 6.54 Å². The average molecular weight is 266 g/mol. The zero-order valence-corrected chi connectivity index (χ0v) is 12.5. The van der Waals surface area contributed by atoms with E-state index < -0.39 is 0 Å². The van der Waals surface area contributed by atoms with E-state index in [1.165, 1.54) is 11.1 Å². The molecule has 0 aliphatic rings. The van der Waals surface area contributed by atoms with Gasteiger partial charge in [0.25, 0.3) is 0 Å². The van der Waals surface area contributed by atoms with E-state index in [9.17, 15) is 0 Å². The SMILES string of the molecule is C=C(C)CCC(NCCC)c1ccc(C)c(Cl)c1. The summed E-state index contributed by atoms with van der Waals surface area (Å²) in [5, 5.41) is 4.44. The molecule has 0 bridgehead atoms. The van der Waals surface area contributed by atoms with Gasteiger partial charge < -0.3 is 5.32 Å². The molecule has 0 saturated heterocycles. The van der Waals surface area contributed by atoms with Gasteiger partial charge in [-0.3, -0.25) is 0 Å². The van der Waals surface area contributed by atoms with Gasteiger partial charge in [0.05, 0.1) is 0 Å². The predicted molar refractivity (Wildman–Crippen MR) is 81.3 cm³/mol. The molecule has 1 unspecified atom stereocenters. The van der Waals surface area contributed by atoms with E-state index in [2.05, 4.69) is 43.9 Å². The van der Waals surface area contributed by atoms with Crippen LogP contribution in [0.2, 0.25) is 5.02 Å². The minimum Gasteiger partial charge on any atom is -0.310 e. The molecule has 1 aromatic rings. The Kier molecular flexibility index (Phi) is 6.45. The van der Waals surface area contributed by atoms with Crippen LogP contribution in [0.15, 0.2) is 30.4 Å². The van der Waals surface area contributed by atoms with Gasteiger partial charge in [0.2, 0.25) is 0 Å². The number of rotatable bonds is 7. The highest BCUT2D eigenvalue weighted by atomic mass is 35.5. The summed E-state index contributed by atoms with van der Waals surface area (Å²) >= 11 is 6.21. The van der Waals surface area contributed by atoms with Crippen molar-refractivity contribution in [2.45, 2.75) is 46.1 Å². The third kappa shape index (κ3) is 4.83. The monoisotopic (exact) mass is 265 g/mol. The van der Waals surface area contributed by atoms with Crippen LogP contribution < -0.4 is 5.32 Å². The topological polar surface area (TPSA) is 12.0 Å². The van der Waals surface area contributed by atoms with Gasteiger partial charge in [-0.1, -0.05) is 36.2 Å². The van der Waals surface area contributed by atoms with Crippen molar-refractivity contribution in [3.8, 4) is 0 Å². The van der Waals surface area contributed by atoms with Crippen LogP contribution in [0.4, 0.5) is 0 Å².